The van der Waals surface area contributed by atoms with Crippen molar-refractivity contribution < 1.29 is 14.3 Å². The third-order valence-corrected chi connectivity index (χ3v) is 2.51. The minimum Gasteiger partial charge on any atom is -0.450 e. The molecule has 0 bridgehead atoms. The van der Waals surface area contributed by atoms with Crippen molar-refractivity contribution in [1.82, 2.24) is 5.32 Å². The molecule has 12 heavy (non-hydrogen) atoms. The van der Waals surface area contributed by atoms with Crippen LogP contribution in [-0.2, 0) is 9.53 Å². The van der Waals surface area contributed by atoms with Gasteiger partial charge < -0.3 is 10.1 Å². The Bertz CT molecular complexity index is 195. The summed E-state index contributed by atoms with van der Waals surface area (Å²) in [5.41, 5.74) is 0. The second-order valence-electron chi connectivity index (χ2n) is 2.37. The number of rotatable bonds is 2. The summed E-state index contributed by atoms with van der Waals surface area (Å²) in [7, 11) is 0. The first-order valence-corrected chi connectivity index (χ1v) is 4.82. The summed E-state index contributed by atoms with van der Waals surface area (Å²) < 4.78 is 4.64. The van der Waals surface area contributed by atoms with Crippen LogP contribution in [0.25, 0.3) is 0 Å². The first kappa shape index (κ1) is 9.38. The van der Waals surface area contributed by atoms with Gasteiger partial charge in [0.05, 0.1) is 6.61 Å². The van der Waals surface area contributed by atoms with E-state index in [1.165, 1.54) is 11.8 Å². The number of hydrogen-bond acceptors (Lipinski definition) is 4. The fraction of sp³-hybridized carbons (Fsp3) is 0.714. The lowest BCUT2D eigenvalue weighted by Gasteiger charge is -2.08. The van der Waals surface area contributed by atoms with Crippen LogP contribution in [-0.4, -0.2) is 29.6 Å². The largest absolute Gasteiger partial charge is 0.450 e. The molecule has 1 unspecified atom stereocenters. The highest BCUT2D eigenvalue weighted by Gasteiger charge is 2.26. The van der Waals surface area contributed by atoms with Crippen LogP contribution < -0.4 is 5.32 Å². The molecule has 4 nitrogen and oxygen atoms in total. The zero-order chi connectivity index (χ0) is 8.97. The standard InChI is InChI=1S/C7H11NO3S/c1-2-11-7(10)8-5-3-4-12-6(5)9/h5H,2-4H2,1H3,(H,8,10). The summed E-state index contributed by atoms with van der Waals surface area (Å²) in [5.74, 6) is 0.788. The first-order valence-electron chi connectivity index (χ1n) is 3.84. The molecule has 0 aromatic heterocycles. The highest BCUT2D eigenvalue weighted by atomic mass is 32.2. The van der Waals surface area contributed by atoms with Gasteiger partial charge in [-0.15, -0.1) is 0 Å². The van der Waals surface area contributed by atoms with Gasteiger partial charge in [0, 0.05) is 5.75 Å². The number of amides is 1. The summed E-state index contributed by atoms with van der Waals surface area (Å²) in [6.45, 7) is 2.06. The third-order valence-electron chi connectivity index (χ3n) is 1.50. The van der Waals surface area contributed by atoms with Crippen molar-refractivity contribution in [2.45, 2.75) is 19.4 Å². The van der Waals surface area contributed by atoms with Crippen LogP contribution in [0.2, 0.25) is 0 Å². The van der Waals surface area contributed by atoms with Crippen molar-refractivity contribution in [2.75, 3.05) is 12.4 Å². The van der Waals surface area contributed by atoms with E-state index < -0.39 is 6.09 Å². The molecule has 1 fully saturated rings. The molecule has 1 atom stereocenters. The fourth-order valence-electron chi connectivity index (χ4n) is 0.942. The highest BCUT2D eigenvalue weighted by molar-refractivity contribution is 8.14. The first-order chi connectivity index (χ1) is 5.74. The van der Waals surface area contributed by atoms with Gasteiger partial charge in [-0.1, -0.05) is 11.8 Å². The van der Waals surface area contributed by atoms with Gasteiger partial charge in [-0.05, 0) is 13.3 Å². The molecule has 0 spiro atoms. The zero-order valence-electron chi connectivity index (χ0n) is 6.83. The van der Waals surface area contributed by atoms with Gasteiger partial charge >= 0.3 is 6.09 Å². The molecule has 0 saturated carbocycles. The molecule has 0 aliphatic carbocycles. The van der Waals surface area contributed by atoms with E-state index in [9.17, 15) is 9.59 Å². The Kier molecular flexibility index (Phi) is 3.40. The molecule has 1 saturated heterocycles. The summed E-state index contributed by atoms with van der Waals surface area (Å²) in [6.07, 6.45) is 0.209. The van der Waals surface area contributed by atoms with Crippen LogP contribution >= 0.6 is 11.8 Å². The van der Waals surface area contributed by atoms with E-state index in [0.717, 1.165) is 5.75 Å². The quantitative estimate of drug-likeness (QED) is 0.697. The van der Waals surface area contributed by atoms with Crippen LogP contribution in [0, 0.1) is 0 Å². The Labute approximate surface area is 75.0 Å². The number of alkyl carbamates (subject to hydrolysis) is 1. The van der Waals surface area contributed by atoms with Crippen molar-refractivity contribution in [3.63, 3.8) is 0 Å². The highest BCUT2D eigenvalue weighted by Crippen LogP contribution is 2.19. The van der Waals surface area contributed by atoms with E-state index in [-0.39, 0.29) is 11.2 Å². The lowest BCUT2D eigenvalue weighted by Crippen LogP contribution is -2.37. The SMILES string of the molecule is CCOC(=O)NC1CCSC1=O. The van der Waals surface area contributed by atoms with Gasteiger partial charge in [0.2, 0.25) is 5.12 Å². The monoisotopic (exact) mass is 189 g/mol. The molecule has 1 aliphatic rings. The maximum Gasteiger partial charge on any atom is 0.407 e. The Hall–Kier alpha value is -0.710. The Morgan fingerprint density at radius 3 is 3.08 bits per heavy atom. The van der Waals surface area contributed by atoms with Gasteiger partial charge in [0.25, 0.3) is 0 Å². The van der Waals surface area contributed by atoms with Crippen LogP contribution in [0.5, 0.6) is 0 Å². The molecule has 0 aromatic carbocycles. The van der Waals surface area contributed by atoms with E-state index in [0.29, 0.717) is 13.0 Å². The molecule has 1 heterocycles. The second-order valence-corrected chi connectivity index (χ2v) is 3.47. The van der Waals surface area contributed by atoms with Gasteiger partial charge in [0.1, 0.15) is 6.04 Å². The number of nitrogens with one attached hydrogen (secondary N) is 1. The minimum atomic E-state index is -0.502. The zero-order valence-corrected chi connectivity index (χ0v) is 7.65. The van der Waals surface area contributed by atoms with E-state index in [1.807, 2.05) is 0 Å². The Balaban J connectivity index is 2.30. The number of hydrogen-bond donors (Lipinski definition) is 1. The number of carbonyl (C=O) groups is 2. The molecular weight excluding hydrogens is 178 g/mol. The lowest BCUT2D eigenvalue weighted by molar-refractivity contribution is -0.112. The number of thioether (sulfide) groups is 1. The van der Waals surface area contributed by atoms with Crippen molar-refractivity contribution in [3.05, 3.63) is 0 Å². The smallest absolute Gasteiger partial charge is 0.407 e. The third kappa shape index (κ3) is 2.41. The summed E-state index contributed by atoms with van der Waals surface area (Å²) in [4.78, 5) is 21.9. The average Bonchev–Trinajstić information content (AvgIpc) is 2.37. The van der Waals surface area contributed by atoms with Crippen molar-refractivity contribution in [1.29, 1.82) is 0 Å². The molecule has 1 rings (SSSR count). The van der Waals surface area contributed by atoms with Crippen LogP contribution in [0.3, 0.4) is 0 Å². The van der Waals surface area contributed by atoms with E-state index in [2.05, 4.69) is 10.1 Å². The summed E-state index contributed by atoms with van der Waals surface area (Å²) in [6, 6.07) is -0.339. The van der Waals surface area contributed by atoms with Gasteiger partial charge in [-0.3, -0.25) is 4.79 Å². The topological polar surface area (TPSA) is 55.4 Å². The molecule has 5 heteroatoms. The lowest BCUT2D eigenvalue weighted by atomic mass is 10.3. The van der Waals surface area contributed by atoms with Crippen LogP contribution in [0.1, 0.15) is 13.3 Å². The summed E-state index contributed by atoms with van der Waals surface area (Å²) >= 11 is 1.26. The molecule has 1 amide bonds. The fourth-order valence-corrected chi connectivity index (χ4v) is 1.87. The minimum absolute atomic E-state index is 0.0306. The molecule has 68 valence electrons. The second kappa shape index (κ2) is 4.35. The van der Waals surface area contributed by atoms with Gasteiger partial charge in [-0.25, -0.2) is 4.79 Å². The molecule has 1 N–H and O–H groups in total. The predicted octanol–water partition coefficient (Wildman–Crippen LogP) is 0.765. The number of carbonyl (C=O) groups excluding carboxylic acids is 2. The molecular formula is C7H11NO3S. The molecule has 0 aromatic rings. The van der Waals surface area contributed by atoms with Gasteiger partial charge in [0.15, 0.2) is 0 Å². The van der Waals surface area contributed by atoms with E-state index >= 15 is 0 Å². The predicted molar refractivity (Wildman–Crippen MR) is 46.0 cm³/mol. The Morgan fingerprint density at radius 2 is 2.58 bits per heavy atom. The van der Waals surface area contributed by atoms with Crippen molar-refractivity contribution in [2.24, 2.45) is 0 Å². The molecule has 0 radical (unpaired) electrons. The average molecular weight is 189 g/mol. The Morgan fingerprint density at radius 1 is 1.83 bits per heavy atom. The summed E-state index contributed by atoms with van der Waals surface area (Å²) in [5, 5.41) is 2.53. The molecule has 1 aliphatic heterocycles. The van der Waals surface area contributed by atoms with Gasteiger partial charge in [-0.2, -0.15) is 0 Å². The van der Waals surface area contributed by atoms with Crippen LogP contribution in [0.4, 0.5) is 4.79 Å². The van der Waals surface area contributed by atoms with Crippen LogP contribution in [0.15, 0.2) is 0 Å². The van der Waals surface area contributed by atoms with Crippen molar-refractivity contribution >= 4 is 23.0 Å². The van der Waals surface area contributed by atoms with E-state index in [1.54, 1.807) is 6.92 Å². The normalized spacial score (nSPS) is 22.4. The number of ether oxygens (including phenoxy) is 1. The maximum absolute atomic E-state index is 11.0. The maximum atomic E-state index is 11.0. The van der Waals surface area contributed by atoms with Crippen molar-refractivity contribution in [3.8, 4) is 0 Å². The van der Waals surface area contributed by atoms with E-state index in [4.69, 9.17) is 0 Å².